The third kappa shape index (κ3) is 1.66. The lowest BCUT2D eigenvalue weighted by Crippen LogP contribution is -2.02. The summed E-state index contributed by atoms with van der Waals surface area (Å²) in [6.07, 6.45) is 1.88. The van der Waals surface area contributed by atoms with Gasteiger partial charge in [0.2, 0.25) is 0 Å². The van der Waals surface area contributed by atoms with Crippen LogP contribution < -0.4 is 5.73 Å². The molecule has 2 aromatic heterocycles. The van der Waals surface area contributed by atoms with E-state index < -0.39 is 0 Å². The second-order valence-corrected chi connectivity index (χ2v) is 4.93. The van der Waals surface area contributed by atoms with Crippen molar-refractivity contribution in [3.8, 4) is 11.3 Å². The maximum absolute atomic E-state index is 5.71. The number of benzene rings is 1. The van der Waals surface area contributed by atoms with E-state index in [4.69, 9.17) is 5.73 Å². The summed E-state index contributed by atoms with van der Waals surface area (Å²) in [7, 11) is 0. The van der Waals surface area contributed by atoms with Crippen LogP contribution in [-0.2, 0) is 6.54 Å². The van der Waals surface area contributed by atoms with Crippen molar-refractivity contribution >= 4 is 16.2 Å². The number of imidazole rings is 1. The SMILES string of the molecule is Cc1ccc(-c2csc3cnc(CN)n23)cc1. The maximum Gasteiger partial charge on any atom is 0.128 e. The molecule has 0 bridgehead atoms. The van der Waals surface area contributed by atoms with E-state index in [2.05, 4.69) is 46.0 Å². The van der Waals surface area contributed by atoms with E-state index in [9.17, 15) is 0 Å². The Morgan fingerprint density at radius 3 is 2.76 bits per heavy atom. The highest BCUT2D eigenvalue weighted by Crippen LogP contribution is 2.27. The normalized spacial score (nSPS) is 11.2. The molecule has 0 radical (unpaired) electrons. The quantitative estimate of drug-likeness (QED) is 0.752. The Kier molecular flexibility index (Phi) is 2.46. The van der Waals surface area contributed by atoms with E-state index in [-0.39, 0.29) is 0 Å². The number of fused-ring (bicyclic) bond motifs is 1. The Morgan fingerprint density at radius 2 is 2.06 bits per heavy atom. The predicted molar refractivity (Wildman–Crippen MR) is 71.1 cm³/mol. The minimum Gasteiger partial charge on any atom is -0.324 e. The van der Waals surface area contributed by atoms with Crippen LogP contribution in [0.3, 0.4) is 0 Å². The zero-order valence-corrected chi connectivity index (χ0v) is 10.4. The average molecular weight is 243 g/mol. The average Bonchev–Trinajstić information content (AvgIpc) is 2.91. The van der Waals surface area contributed by atoms with Gasteiger partial charge in [0.15, 0.2) is 0 Å². The summed E-state index contributed by atoms with van der Waals surface area (Å²) in [5, 5.41) is 2.15. The van der Waals surface area contributed by atoms with Crippen LogP contribution in [0.4, 0.5) is 0 Å². The number of aryl methyl sites for hydroxylation is 1. The highest BCUT2D eigenvalue weighted by molar-refractivity contribution is 7.15. The summed E-state index contributed by atoms with van der Waals surface area (Å²) in [6.45, 7) is 2.55. The molecule has 0 fully saturated rings. The smallest absolute Gasteiger partial charge is 0.128 e. The first-order valence-corrected chi connectivity index (χ1v) is 6.38. The second-order valence-electron chi connectivity index (χ2n) is 4.04. The molecule has 2 N–H and O–H groups in total. The molecule has 0 amide bonds. The Bertz CT molecular complexity index is 649. The van der Waals surface area contributed by atoms with Crippen molar-refractivity contribution in [3.63, 3.8) is 0 Å². The van der Waals surface area contributed by atoms with Gasteiger partial charge >= 0.3 is 0 Å². The summed E-state index contributed by atoms with van der Waals surface area (Å²) in [4.78, 5) is 5.47. The van der Waals surface area contributed by atoms with Crippen LogP contribution in [0.2, 0.25) is 0 Å². The molecular formula is C13H13N3S. The standard InChI is InChI=1S/C13H13N3S/c1-9-2-4-10(5-3-9)11-8-17-13-7-15-12(6-14)16(11)13/h2-5,7-8H,6,14H2,1H3. The molecule has 17 heavy (non-hydrogen) atoms. The summed E-state index contributed by atoms with van der Waals surface area (Å²) < 4.78 is 2.13. The molecule has 3 nitrogen and oxygen atoms in total. The molecule has 2 heterocycles. The third-order valence-electron chi connectivity index (χ3n) is 2.86. The van der Waals surface area contributed by atoms with Gasteiger partial charge in [0.25, 0.3) is 0 Å². The molecule has 1 aromatic carbocycles. The van der Waals surface area contributed by atoms with Crippen LogP contribution in [0.5, 0.6) is 0 Å². The van der Waals surface area contributed by atoms with E-state index >= 15 is 0 Å². The van der Waals surface area contributed by atoms with Gasteiger partial charge in [-0.05, 0) is 12.5 Å². The molecule has 0 spiro atoms. The number of hydrogen-bond donors (Lipinski definition) is 1. The van der Waals surface area contributed by atoms with Gasteiger partial charge in [-0.2, -0.15) is 0 Å². The number of hydrogen-bond acceptors (Lipinski definition) is 3. The van der Waals surface area contributed by atoms with Crippen LogP contribution >= 0.6 is 11.3 Å². The van der Waals surface area contributed by atoms with E-state index in [1.807, 2.05) is 6.20 Å². The van der Waals surface area contributed by atoms with Crippen molar-refractivity contribution in [2.45, 2.75) is 13.5 Å². The van der Waals surface area contributed by atoms with E-state index in [1.165, 1.54) is 16.8 Å². The molecular weight excluding hydrogens is 230 g/mol. The molecule has 4 heteroatoms. The summed E-state index contributed by atoms with van der Waals surface area (Å²) in [5.41, 5.74) is 9.35. The molecule has 0 unspecified atom stereocenters. The lowest BCUT2D eigenvalue weighted by atomic mass is 10.1. The third-order valence-corrected chi connectivity index (χ3v) is 3.74. The molecule has 0 saturated carbocycles. The summed E-state index contributed by atoms with van der Waals surface area (Å²) in [5.74, 6) is 0.914. The van der Waals surface area contributed by atoms with E-state index in [1.54, 1.807) is 11.3 Å². The molecule has 0 atom stereocenters. The van der Waals surface area contributed by atoms with Gasteiger partial charge < -0.3 is 5.73 Å². The highest BCUT2D eigenvalue weighted by atomic mass is 32.1. The highest BCUT2D eigenvalue weighted by Gasteiger charge is 2.10. The van der Waals surface area contributed by atoms with Gasteiger partial charge in [0, 0.05) is 5.38 Å². The van der Waals surface area contributed by atoms with Crippen molar-refractivity contribution in [2.75, 3.05) is 0 Å². The number of rotatable bonds is 2. The minimum atomic E-state index is 0.462. The van der Waals surface area contributed by atoms with Gasteiger partial charge in [0.05, 0.1) is 18.4 Å². The fraction of sp³-hybridized carbons (Fsp3) is 0.154. The zero-order valence-electron chi connectivity index (χ0n) is 9.55. The molecule has 0 aliphatic carbocycles. The number of nitrogens with two attached hydrogens (primary N) is 1. The topological polar surface area (TPSA) is 43.3 Å². The van der Waals surface area contributed by atoms with Gasteiger partial charge in [-0.1, -0.05) is 29.8 Å². The van der Waals surface area contributed by atoms with Crippen LogP contribution in [0.1, 0.15) is 11.4 Å². The fourth-order valence-electron chi connectivity index (χ4n) is 1.95. The summed E-state index contributed by atoms with van der Waals surface area (Å²) >= 11 is 1.69. The van der Waals surface area contributed by atoms with Crippen LogP contribution in [0.25, 0.3) is 16.1 Å². The zero-order chi connectivity index (χ0) is 11.8. The van der Waals surface area contributed by atoms with Crippen LogP contribution in [0.15, 0.2) is 35.8 Å². The first-order valence-electron chi connectivity index (χ1n) is 5.50. The molecule has 0 aliphatic rings. The minimum absolute atomic E-state index is 0.462. The molecule has 0 aliphatic heterocycles. The van der Waals surface area contributed by atoms with Crippen LogP contribution in [-0.4, -0.2) is 9.38 Å². The van der Waals surface area contributed by atoms with Gasteiger partial charge in [-0.3, -0.25) is 4.40 Å². The molecule has 3 rings (SSSR count). The lowest BCUT2D eigenvalue weighted by Gasteiger charge is -2.03. The van der Waals surface area contributed by atoms with Crippen molar-refractivity contribution < 1.29 is 0 Å². The lowest BCUT2D eigenvalue weighted by molar-refractivity contribution is 0.912. The first kappa shape index (κ1) is 10.5. The Balaban J connectivity index is 2.22. The Morgan fingerprint density at radius 1 is 1.29 bits per heavy atom. The van der Waals surface area contributed by atoms with Gasteiger partial charge in [-0.15, -0.1) is 11.3 Å². The monoisotopic (exact) mass is 243 g/mol. The Hall–Kier alpha value is -1.65. The summed E-state index contributed by atoms with van der Waals surface area (Å²) in [6, 6.07) is 8.52. The van der Waals surface area contributed by atoms with E-state index in [0.717, 1.165) is 10.7 Å². The van der Waals surface area contributed by atoms with Gasteiger partial charge in [-0.25, -0.2) is 4.98 Å². The van der Waals surface area contributed by atoms with E-state index in [0.29, 0.717) is 6.54 Å². The largest absolute Gasteiger partial charge is 0.324 e. The molecule has 3 aromatic rings. The van der Waals surface area contributed by atoms with Crippen LogP contribution in [0, 0.1) is 6.92 Å². The van der Waals surface area contributed by atoms with Crippen molar-refractivity contribution in [2.24, 2.45) is 5.73 Å². The van der Waals surface area contributed by atoms with Crippen molar-refractivity contribution in [1.82, 2.24) is 9.38 Å². The molecule has 0 saturated heterocycles. The van der Waals surface area contributed by atoms with Crippen molar-refractivity contribution in [1.29, 1.82) is 0 Å². The Labute approximate surface area is 104 Å². The maximum atomic E-state index is 5.71. The fourth-order valence-corrected chi connectivity index (χ4v) is 2.84. The number of thiazole rings is 1. The predicted octanol–water partition coefficient (Wildman–Crippen LogP) is 2.83. The van der Waals surface area contributed by atoms with Gasteiger partial charge in [0.1, 0.15) is 10.7 Å². The second kappa shape index (κ2) is 3.98. The number of aromatic nitrogens is 2. The van der Waals surface area contributed by atoms with Crippen molar-refractivity contribution in [3.05, 3.63) is 47.2 Å². The first-order chi connectivity index (χ1) is 8.29. The molecule has 86 valence electrons. The number of nitrogens with zero attached hydrogens (tertiary/aromatic N) is 2.